The van der Waals surface area contributed by atoms with Crippen LogP contribution in [0.4, 0.5) is 10.1 Å². The van der Waals surface area contributed by atoms with Crippen molar-refractivity contribution in [3.63, 3.8) is 0 Å². The predicted molar refractivity (Wildman–Crippen MR) is 77.4 cm³/mol. The van der Waals surface area contributed by atoms with Crippen molar-refractivity contribution < 1.29 is 9.18 Å². The lowest BCUT2D eigenvalue weighted by molar-refractivity contribution is 0.0994. The zero-order chi connectivity index (χ0) is 14.1. The fraction of sp³-hybridized carbons (Fsp3) is 0.0625. The molecule has 100 valence electrons. The molecule has 0 saturated carbocycles. The van der Waals surface area contributed by atoms with Crippen LogP contribution in [0.15, 0.2) is 54.7 Å². The van der Waals surface area contributed by atoms with Crippen molar-refractivity contribution in [3.05, 3.63) is 66.1 Å². The topological polar surface area (TPSA) is 36.1 Å². The fourth-order valence-electron chi connectivity index (χ4n) is 2.21. The summed E-state index contributed by atoms with van der Waals surface area (Å²) in [6.07, 6.45) is 1.70. The van der Waals surface area contributed by atoms with E-state index in [1.807, 2.05) is 24.3 Å². The summed E-state index contributed by atoms with van der Waals surface area (Å²) in [4.78, 5) is 17.1. The van der Waals surface area contributed by atoms with Crippen LogP contribution in [0.25, 0.3) is 10.9 Å². The molecule has 0 radical (unpaired) electrons. The van der Waals surface area contributed by atoms with Crippen molar-refractivity contribution >= 4 is 22.5 Å². The maximum Gasteiger partial charge on any atom is 0.260 e. The number of halogens is 1. The van der Waals surface area contributed by atoms with Gasteiger partial charge in [-0.25, -0.2) is 4.39 Å². The van der Waals surface area contributed by atoms with Gasteiger partial charge in [0.1, 0.15) is 5.82 Å². The number of carbonyl (C=O) groups is 1. The molecule has 1 heterocycles. The summed E-state index contributed by atoms with van der Waals surface area (Å²) in [6.45, 7) is 0. The normalized spacial score (nSPS) is 10.7. The molecule has 0 spiro atoms. The molecule has 3 rings (SSSR count). The van der Waals surface area contributed by atoms with Crippen molar-refractivity contribution in [2.75, 3.05) is 11.9 Å². The second-order valence-corrected chi connectivity index (χ2v) is 4.59. The van der Waals surface area contributed by atoms with E-state index in [0.717, 1.165) is 10.9 Å². The lowest BCUT2D eigenvalue weighted by Crippen LogP contribution is -2.25. The van der Waals surface area contributed by atoms with E-state index in [1.165, 1.54) is 17.0 Å². The number of hydrogen-bond donors (Lipinski definition) is 1. The molecule has 0 bridgehead atoms. The molecule has 0 aliphatic carbocycles. The van der Waals surface area contributed by atoms with Gasteiger partial charge in [0.05, 0.1) is 5.56 Å². The lowest BCUT2D eigenvalue weighted by atomic mass is 10.1. The number of benzene rings is 2. The monoisotopic (exact) mass is 268 g/mol. The van der Waals surface area contributed by atoms with Crippen LogP contribution in [0.3, 0.4) is 0 Å². The third-order valence-corrected chi connectivity index (χ3v) is 3.34. The Labute approximate surface area is 115 Å². The highest BCUT2D eigenvalue weighted by atomic mass is 19.1. The number of anilines is 1. The summed E-state index contributed by atoms with van der Waals surface area (Å²) in [6, 6.07) is 13.5. The van der Waals surface area contributed by atoms with Gasteiger partial charge in [0, 0.05) is 29.8 Å². The summed E-state index contributed by atoms with van der Waals surface area (Å²) >= 11 is 0. The SMILES string of the molecule is CN(C(=O)c1c[nH]c2ccccc12)c1ccc(F)cc1. The highest BCUT2D eigenvalue weighted by Gasteiger charge is 2.17. The van der Waals surface area contributed by atoms with E-state index in [9.17, 15) is 9.18 Å². The molecule has 1 aromatic heterocycles. The Kier molecular flexibility index (Phi) is 2.99. The Morgan fingerprint density at radius 3 is 2.55 bits per heavy atom. The first-order valence-corrected chi connectivity index (χ1v) is 6.26. The molecule has 2 aromatic carbocycles. The Balaban J connectivity index is 1.97. The van der Waals surface area contributed by atoms with E-state index >= 15 is 0 Å². The number of aromatic amines is 1. The van der Waals surface area contributed by atoms with Gasteiger partial charge < -0.3 is 9.88 Å². The van der Waals surface area contributed by atoms with Crippen LogP contribution < -0.4 is 4.90 Å². The zero-order valence-corrected chi connectivity index (χ0v) is 10.9. The number of H-pyrrole nitrogens is 1. The molecule has 1 N–H and O–H groups in total. The molecule has 1 amide bonds. The molecule has 20 heavy (non-hydrogen) atoms. The zero-order valence-electron chi connectivity index (χ0n) is 10.9. The van der Waals surface area contributed by atoms with Gasteiger partial charge in [-0.1, -0.05) is 18.2 Å². The molecule has 0 unspecified atom stereocenters. The Morgan fingerprint density at radius 2 is 1.80 bits per heavy atom. The number of nitrogens with one attached hydrogen (secondary N) is 1. The summed E-state index contributed by atoms with van der Waals surface area (Å²) in [5.74, 6) is -0.448. The number of rotatable bonds is 2. The van der Waals surface area contributed by atoms with Gasteiger partial charge in [-0.2, -0.15) is 0 Å². The highest BCUT2D eigenvalue weighted by molar-refractivity contribution is 6.13. The number of fused-ring (bicyclic) bond motifs is 1. The Morgan fingerprint density at radius 1 is 1.10 bits per heavy atom. The first-order valence-electron chi connectivity index (χ1n) is 6.26. The average molecular weight is 268 g/mol. The maximum absolute atomic E-state index is 12.9. The molecule has 3 aromatic rings. The second-order valence-electron chi connectivity index (χ2n) is 4.59. The van der Waals surface area contributed by atoms with Gasteiger partial charge in [0.15, 0.2) is 0 Å². The standard InChI is InChI=1S/C16H13FN2O/c1-19(12-8-6-11(17)7-9-12)16(20)14-10-18-15-5-3-2-4-13(14)15/h2-10,18H,1H3. The van der Waals surface area contributed by atoms with E-state index < -0.39 is 0 Å². The van der Waals surface area contributed by atoms with Crippen molar-refractivity contribution in [2.45, 2.75) is 0 Å². The summed E-state index contributed by atoms with van der Waals surface area (Å²) < 4.78 is 12.9. The molecular formula is C16H13FN2O. The smallest absolute Gasteiger partial charge is 0.260 e. The quantitative estimate of drug-likeness (QED) is 0.757. The molecule has 0 aliphatic rings. The molecule has 0 atom stereocenters. The van der Waals surface area contributed by atoms with Gasteiger partial charge in [-0.05, 0) is 30.3 Å². The van der Waals surface area contributed by atoms with E-state index in [-0.39, 0.29) is 11.7 Å². The molecule has 4 heteroatoms. The number of hydrogen-bond acceptors (Lipinski definition) is 1. The van der Waals surface area contributed by atoms with Gasteiger partial charge >= 0.3 is 0 Å². The van der Waals surface area contributed by atoms with Crippen LogP contribution >= 0.6 is 0 Å². The van der Waals surface area contributed by atoms with Crippen molar-refractivity contribution in [2.24, 2.45) is 0 Å². The number of nitrogens with zero attached hydrogens (tertiary/aromatic N) is 1. The van der Waals surface area contributed by atoms with Gasteiger partial charge in [0.25, 0.3) is 5.91 Å². The Bertz CT molecular complexity index is 762. The first-order chi connectivity index (χ1) is 9.66. The minimum Gasteiger partial charge on any atom is -0.360 e. The van der Waals surface area contributed by atoms with E-state index in [0.29, 0.717) is 11.3 Å². The summed E-state index contributed by atoms with van der Waals surface area (Å²) in [7, 11) is 1.68. The molecule has 0 aliphatic heterocycles. The molecule has 0 fully saturated rings. The summed E-state index contributed by atoms with van der Waals surface area (Å²) in [5, 5.41) is 0.881. The minimum atomic E-state index is -0.318. The number of amides is 1. The third-order valence-electron chi connectivity index (χ3n) is 3.34. The van der Waals surface area contributed by atoms with Crippen LogP contribution in [-0.2, 0) is 0 Å². The van der Waals surface area contributed by atoms with Crippen LogP contribution in [0, 0.1) is 5.82 Å². The van der Waals surface area contributed by atoms with Crippen LogP contribution in [0.1, 0.15) is 10.4 Å². The van der Waals surface area contributed by atoms with Crippen LogP contribution in [0.5, 0.6) is 0 Å². The van der Waals surface area contributed by atoms with Gasteiger partial charge in [0.2, 0.25) is 0 Å². The van der Waals surface area contributed by atoms with Crippen molar-refractivity contribution in [3.8, 4) is 0 Å². The number of para-hydroxylation sites is 1. The largest absolute Gasteiger partial charge is 0.360 e. The van der Waals surface area contributed by atoms with Crippen LogP contribution in [0.2, 0.25) is 0 Å². The fourth-order valence-corrected chi connectivity index (χ4v) is 2.21. The number of aromatic nitrogens is 1. The molecular weight excluding hydrogens is 255 g/mol. The van der Waals surface area contributed by atoms with E-state index in [4.69, 9.17) is 0 Å². The van der Waals surface area contributed by atoms with Crippen LogP contribution in [-0.4, -0.2) is 17.9 Å². The van der Waals surface area contributed by atoms with Gasteiger partial charge in [-0.3, -0.25) is 4.79 Å². The lowest BCUT2D eigenvalue weighted by Gasteiger charge is -2.16. The van der Waals surface area contributed by atoms with E-state index in [2.05, 4.69) is 4.98 Å². The molecule has 0 saturated heterocycles. The third kappa shape index (κ3) is 2.05. The van der Waals surface area contributed by atoms with Crippen molar-refractivity contribution in [1.82, 2.24) is 4.98 Å². The molecule has 3 nitrogen and oxygen atoms in total. The predicted octanol–water partition coefficient (Wildman–Crippen LogP) is 3.58. The highest BCUT2D eigenvalue weighted by Crippen LogP contribution is 2.22. The van der Waals surface area contributed by atoms with Crippen molar-refractivity contribution in [1.29, 1.82) is 0 Å². The maximum atomic E-state index is 12.9. The van der Waals surface area contributed by atoms with Gasteiger partial charge in [-0.15, -0.1) is 0 Å². The average Bonchev–Trinajstić information content (AvgIpc) is 2.90. The van der Waals surface area contributed by atoms with E-state index in [1.54, 1.807) is 25.4 Å². The first kappa shape index (κ1) is 12.4. The summed E-state index contributed by atoms with van der Waals surface area (Å²) in [5.41, 5.74) is 2.18. The number of carbonyl (C=O) groups excluding carboxylic acids is 1. The minimum absolute atomic E-state index is 0.131. The Hall–Kier alpha value is -2.62. The second kappa shape index (κ2) is 4.81.